The average Bonchev–Trinajstić information content (AvgIpc) is 2.45. The molecule has 2 atom stereocenters. The van der Waals surface area contributed by atoms with Gasteiger partial charge in [-0.1, -0.05) is 32.9 Å². The first-order chi connectivity index (χ1) is 10.8. The van der Waals surface area contributed by atoms with Crippen LogP contribution in [0, 0.1) is 0 Å². The van der Waals surface area contributed by atoms with Crippen LogP contribution < -0.4 is 10.5 Å². The van der Waals surface area contributed by atoms with Gasteiger partial charge in [-0.05, 0) is 37.0 Å². The minimum Gasteiger partial charge on any atom is -0.451 e. The summed E-state index contributed by atoms with van der Waals surface area (Å²) < 4.78 is 31.6. The number of carbonyl (C=O) groups is 2. The molecule has 24 heavy (non-hydrogen) atoms. The molecule has 3 N–H and O–H groups in total. The number of esters is 1. The third-order valence-corrected chi connectivity index (χ3v) is 4.97. The maximum atomic E-state index is 12.3. The lowest BCUT2D eigenvalue weighted by molar-refractivity contribution is -0.155. The van der Waals surface area contributed by atoms with Gasteiger partial charge in [0.15, 0.2) is 6.10 Å². The molecule has 0 saturated heterocycles. The first-order valence-corrected chi connectivity index (χ1v) is 8.95. The zero-order valence-corrected chi connectivity index (χ0v) is 15.3. The molecule has 0 fully saturated rings. The monoisotopic (exact) mass is 356 g/mol. The second-order valence-corrected chi connectivity index (χ2v) is 8.31. The van der Waals surface area contributed by atoms with Crippen LogP contribution in [0.25, 0.3) is 0 Å². The van der Waals surface area contributed by atoms with Crippen LogP contribution in [0.2, 0.25) is 0 Å². The summed E-state index contributed by atoms with van der Waals surface area (Å²) in [6.45, 7) is 8.70. The predicted molar refractivity (Wildman–Crippen MR) is 89.7 cm³/mol. The smallest absolute Gasteiger partial charge is 0.324 e. The molecule has 0 saturated carbocycles. The second-order valence-electron chi connectivity index (χ2n) is 6.60. The van der Waals surface area contributed by atoms with E-state index >= 15 is 0 Å². The molecule has 0 unspecified atom stereocenters. The van der Waals surface area contributed by atoms with Gasteiger partial charge in [-0.2, -0.15) is 4.72 Å². The molecule has 1 amide bonds. The molecule has 1 rings (SSSR count). The molecule has 0 heterocycles. The molecule has 134 valence electrons. The van der Waals surface area contributed by atoms with Crippen molar-refractivity contribution < 1.29 is 22.7 Å². The van der Waals surface area contributed by atoms with Gasteiger partial charge in [-0.3, -0.25) is 9.59 Å². The van der Waals surface area contributed by atoms with E-state index in [0.717, 1.165) is 5.56 Å². The molecular formula is C16H24N2O5S. The molecule has 0 bridgehead atoms. The number of nitrogens with one attached hydrogen (secondary N) is 1. The first-order valence-electron chi connectivity index (χ1n) is 7.47. The van der Waals surface area contributed by atoms with Gasteiger partial charge in [0.25, 0.3) is 5.91 Å². The molecule has 0 radical (unpaired) electrons. The summed E-state index contributed by atoms with van der Waals surface area (Å²) >= 11 is 0. The number of nitrogens with two attached hydrogens (primary N) is 1. The van der Waals surface area contributed by atoms with Gasteiger partial charge in [0.05, 0.1) is 4.90 Å². The van der Waals surface area contributed by atoms with Crippen molar-refractivity contribution in [1.29, 1.82) is 0 Å². The van der Waals surface area contributed by atoms with E-state index in [4.69, 9.17) is 10.5 Å². The largest absolute Gasteiger partial charge is 0.451 e. The number of sulfonamides is 1. The molecule has 0 spiro atoms. The standard InChI is InChI=1S/C16H24N2O5S/c1-10(15(20)23-11(2)14(17)19)18-24(21,22)13-8-6-12(7-9-13)16(3,4)5/h6-11,18H,1-5H3,(H2,17,19)/t10-,11-/m0/s1. The van der Waals surface area contributed by atoms with Crippen molar-refractivity contribution in [2.24, 2.45) is 5.73 Å². The molecule has 1 aromatic rings. The van der Waals surface area contributed by atoms with Gasteiger partial charge in [0.2, 0.25) is 10.0 Å². The number of carbonyl (C=O) groups excluding carboxylic acids is 2. The Morgan fingerprint density at radius 1 is 1.12 bits per heavy atom. The summed E-state index contributed by atoms with van der Waals surface area (Å²) in [4.78, 5) is 22.7. The van der Waals surface area contributed by atoms with Crippen molar-refractivity contribution in [3.8, 4) is 0 Å². The Labute approximate surface area is 142 Å². The summed E-state index contributed by atoms with van der Waals surface area (Å²) in [6, 6.07) is 5.26. The van der Waals surface area contributed by atoms with Crippen LogP contribution in [0.3, 0.4) is 0 Å². The Hall–Kier alpha value is -1.93. The van der Waals surface area contributed by atoms with Gasteiger partial charge in [0, 0.05) is 0 Å². The van der Waals surface area contributed by atoms with Crippen molar-refractivity contribution >= 4 is 21.9 Å². The molecule has 0 aliphatic carbocycles. The first kappa shape index (κ1) is 20.1. The molecule has 8 heteroatoms. The molecular weight excluding hydrogens is 332 g/mol. The van der Waals surface area contributed by atoms with Crippen LogP contribution in [0.15, 0.2) is 29.2 Å². The Morgan fingerprint density at radius 3 is 2.04 bits per heavy atom. The number of amides is 1. The van der Waals surface area contributed by atoms with E-state index in [1.807, 2.05) is 20.8 Å². The van der Waals surface area contributed by atoms with E-state index in [-0.39, 0.29) is 10.3 Å². The minimum absolute atomic E-state index is 0.0399. The zero-order chi connectivity index (χ0) is 18.7. The third kappa shape index (κ3) is 5.31. The molecule has 7 nitrogen and oxygen atoms in total. The lowest BCUT2D eigenvalue weighted by Gasteiger charge is -2.19. The maximum absolute atomic E-state index is 12.3. The van der Waals surface area contributed by atoms with E-state index in [0.29, 0.717) is 0 Å². The Bertz CT molecular complexity index is 705. The fraction of sp³-hybridized carbons (Fsp3) is 0.500. The van der Waals surface area contributed by atoms with E-state index in [9.17, 15) is 18.0 Å². The van der Waals surface area contributed by atoms with Crippen molar-refractivity contribution in [3.05, 3.63) is 29.8 Å². The van der Waals surface area contributed by atoms with Crippen LogP contribution in [0.1, 0.15) is 40.2 Å². The van der Waals surface area contributed by atoms with Gasteiger partial charge < -0.3 is 10.5 Å². The van der Waals surface area contributed by atoms with Crippen LogP contribution in [0.5, 0.6) is 0 Å². The average molecular weight is 356 g/mol. The Morgan fingerprint density at radius 2 is 1.62 bits per heavy atom. The van der Waals surface area contributed by atoms with E-state index in [2.05, 4.69) is 4.72 Å². The zero-order valence-electron chi connectivity index (χ0n) is 14.5. The summed E-state index contributed by atoms with van der Waals surface area (Å²) in [7, 11) is -3.89. The van der Waals surface area contributed by atoms with Crippen LogP contribution in [-0.4, -0.2) is 32.4 Å². The highest BCUT2D eigenvalue weighted by atomic mass is 32.2. The summed E-state index contributed by atoms with van der Waals surface area (Å²) in [6.07, 6.45) is -1.13. The number of hydrogen-bond acceptors (Lipinski definition) is 5. The normalized spacial score (nSPS) is 14.7. The van der Waals surface area contributed by atoms with Gasteiger partial charge in [-0.25, -0.2) is 8.42 Å². The van der Waals surface area contributed by atoms with Crippen LogP contribution >= 0.6 is 0 Å². The quantitative estimate of drug-likeness (QED) is 0.740. The van der Waals surface area contributed by atoms with Crippen LogP contribution in [0.4, 0.5) is 0 Å². The lowest BCUT2D eigenvalue weighted by atomic mass is 9.87. The molecule has 0 aliphatic heterocycles. The second kappa shape index (κ2) is 7.31. The third-order valence-electron chi connectivity index (χ3n) is 3.41. The highest BCUT2D eigenvalue weighted by Gasteiger charge is 2.26. The highest BCUT2D eigenvalue weighted by Crippen LogP contribution is 2.23. The van der Waals surface area contributed by atoms with Crippen molar-refractivity contribution in [2.45, 2.75) is 57.1 Å². The number of hydrogen-bond donors (Lipinski definition) is 2. The maximum Gasteiger partial charge on any atom is 0.324 e. The fourth-order valence-corrected chi connectivity index (χ4v) is 3.01. The summed E-state index contributed by atoms with van der Waals surface area (Å²) in [5.41, 5.74) is 5.89. The van der Waals surface area contributed by atoms with Gasteiger partial charge in [0.1, 0.15) is 6.04 Å². The number of rotatable bonds is 6. The van der Waals surface area contributed by atoms with Crippen LogP contribution in [-0.2, 0) is 29.8 Å². The Kier molecular flexibility index (Phi) is 6.13. The van der Waals surface area contributed by atoms with Crippen molar-refractivity contribution in [2.75, 3.05) is 0 Å². The van der Waals surface area contributed by atoms with E-state index < -0.39 is 34.0 Å². The topological polar surface area (TPSA) is 116 Å². The van der Waals surface area contributed by atoms with E-state index in [1.54, 1.807) is 12.1 Å². The Balaban J connectivity index is 2.85. The number of benzene rings is 1. The number of primary amides is 1. The molecule has 0 aromatic heterocycles. The summed E-state index contributed by atoms with van der Waals surface area (Å²) in [5.74, 6) is -1.69. The summed E-state index contributed by atoms with van der Waals surface area (Å²) in [5, 5.41) is 0. The lowest BCUT2D eigenvalue weighted by Crippen LogP contribution is -2.42. The van der Waals surface area contributed by atoms with Crippen molar-refractivity contribution in [1.82, 2.24) is 4.72 Å². The van der Waals surface area contributed by atoms with Gasteiger partial charge >= 0.3 is 5.97 Å². The highest BCUT2D eigenvalue weighted by molar-refractivity contribution is 7.89. The SMILES string of the molecule is C[C@H](NS(=O)(=O)c1ccc(C(C)(C)C)cc1)C(=O)O[C@@H](C)C(N)=O. The molecule has 1 aromatic carbocycles. The number of ether oxygens (including phenoxy) is 1. The fourth-order valence-electron chi connectivity index (χ4n) is 1.82. The van der Waals surface area contributed by atoms with Crippen molar-refractivity contribution in [3.63, 3.8) is 0 Å². The van der Waals surface area contributed by atoms with E-state index in [1.165, 1.54) is 26.0 Å². The van der Waals surface area contributed by atoms with Gasteiger partial charge in [-0.15, -0.1) is 0 Å². The molecule has 0 aliphatic rings. The predicted octanol–water partition coefficient (Wildman–Crippen LogP) is 1.07. The minimum atomic E-state index is -3.89.